The van der Waals surface area contributed by atoms with Gasteiger partial charge in [-0.15, -0.1) is 0 Å². The summed E-state index contributed by atoms with van der Waals surface area (Å²) in [5.74, 6) is 0.680. The summed E-state index contributed by atoms with van der Waals surface area (Å²) in [7, 11) is 2.00. The normalized spacial score (nSPS) is 17.9. The van der Waals surface area contributed by atoms with Gasteiger partial charge in [-0.1, -0.05) is 6.07 Å². The maximum absolute atomic E-state index is 6.17. The highest BCUT2D eigenvalue weighted by molar-refractivity contribution is 5.13. The zero-order valence-corrected chi connectivity index (χ0v) is 14.7. The van der Waals surface area contributed by atoms with Crippen LogP contribution in [0, 0.1) is 6.92 Å². The Kier molecular flexibility index (Phi) is 4.28. The zero-order valence-electron chi connectivity index (χ0n) is 14.7. The van der Waals surface area contributed by atoms with Gasteiger partial charge < -0.3 is 9.30 Å². The number of rotatable bonds is 4. The molecule has 0 aliphatic carbocycles. The van der Waals surface area contributed by atoms with Crippen LogP contribution in [-0.4, -0.2) is 36.9 Å². The van der Waals surface area contributed by atoms with Gasteiger partial charge in [0.15, 0.2) is 0 Å². The topological polar surface area (TPSA) is 48.1 Å². The molecule has 0 saturated heterocycles. The maximum Gasteiger partial charge on any atom is 0.213 e. The lowest BCUT2D eigenvalue weighted by Gasteiger charge is -2.24. The summed E-state index contributed by atoms with van der Waals surface area (Å²) in [5, 5.41) is 4.46. The van der Waals surface area contributed by atoms with Crippen molar-refractivity contribution in [3.05, 3.63) is 65.9 Å². The molecule has 0 spiro atoms. The van der Waals surface area contributed by atoms with Gasteiger partial charge in [0.05, 0.1) is 17.9 Å². The maximum atomic E-state index is 6.17. The second kappa shape index (κ2) is 6.72. The fourth-order valence-electron chi connectivity index (χ4n) is 3.45. The first-order valence-electron chi connectivity index (χ1n) is 8.61. The molecule has 0 N–H and O–H groups in total. The molecule has 3 aromatic heterocycles. The van der Waals surface area contributed by atoms with E-state index in [4.69, 9.17) is 4.74 Å². The van der Waals surface area contributed by atoms with Crippen molar-refractivity contribution >= 4 is 0 Å². The number of hydrogen-bond donors (Lipinski definition) is 0. The van der Waals surface area contributed by atoms with Crippen molar-refractivity contribution in [1.29, 1.82) is 0 Å². The number of ether oxygens (including phenoxy) is 1. The number of aryl methyl sites for hydroxylation is 2. The third kappa shape index (κ3) is 3.58. The van der Waals surface area contributed by atoms with Crippen LogP contribution in [0.4, 0.5) is 0 Å². The van der Waals surface area contributed by atoms with Crippen LogP contribution in [0.3, 0.4) is 0 Å². The number of fused-ring (bicyclic) bond motifs is 1. The SMILES string of the molecule is Cc1cc(CN2Cc3cccn3CC(Oc3ccccn3)C2)n(C)n1. The van der Waals surface area contributed by atoms with Crippen molar-refractivity contribution in [1.82, 2.24) is 24.2 Å². The Labute approximate surface area is 147 Å². The predicted molar refractivity (Wildman–Crippen MR) is 95.1 cm³/mol. The standard InChI is InChI=1S/C19H23N5O/c1-15-10-17(22(2)21-15)12-23-11-16-6-5-9-24(16)14-18(13-23)25-19-7-3-4-8-20-19/h3-10,18H,11-14H2,1-2H3. The molecule has 130 valence electrons. The lowest BCUT2D eigenvalue weighted by Crippen LogP contribution is -2.35. The lowest BCUT2D eigenvalue weighted by molar-refractivity contribution is 0.118. The Morgan fingerprint density at radius 2 is 2.12 bits per heavy atom. The predicted octanol–water partition coefficient (Wildman–Crippen LogP) is 2.39. The van der Waals surface area contributed by atoms with Gasteiger partial charge in [0.2, 0.25) is 5.88 Å². The fourth-order valence-corrected chi connectivity index (χ4v) is 3.45. The van der Waals surface area contributed by atoms with E-state index in [2.05, 4.69) is 43.9 Å². The molecule has 3 aromatic rings. The van der Waals surface area contributed by atoms with Gasteiger partial charge in [0.25, 0.3) is 0 Å². The molecule has 1 aliphatic rings. The van der Waals surface area contributed by atoms with Crippen LogP contribution in [0.5, 0.6) is 5.88 Å². The average Bonchev–Trinajstić information content (AvgIpc) is 3.10. The summed E-state index contributed by atoms with van der Waals surface area (Å²) in [5.41, 5.74) is 3.58. The average molecular weight is 337 g/mol. The van der Waals surface area contributed by atoms with E-state index in [1.165, 1.54) is 11.4 Å². The number of hydrogen-bond acceptors (Lipinski definition) is 4. The van der Waals surface area contributed by atoms with Crippen LogP contribution in [0.15, 0.2) is 48.8 Å². The molecule has 25 heavy (non-hydrogen) atoms. The summed E-state index contributed by atoms with van der Waals surface area (Å²) in [6.07, 6.45) is 3.95. The first-order chi connectivity index (χ1) is 12.2. The van der Waals surface area contributed by atoms with E-state index < -0.39 is 0 Å². The second-order valence-corrected chi connectivity index (χ2v) is 6.63. The molecular weight excluding hydrogens is 314 g/mol. The molecule has 1 aliphatic heterocycles. The highest BCUT2D eigenvalue weighted by Crippen LogP contribution is 2.19. The summed E-state index contributed by atoms with van der Waals surface area (Å²) >= 11 is 0. The van der Waals surface area contributed by atoms with Gasteiger partial charge in [0.1, 0.15) is 6.10 Å². The quantitative estimate of drug-likeness (QED) is 0.733. The Hall–Kier alpha value is -2.60. The summed E-state index contributed by atoms with van der Waals surface area (Å²) < 4.78 is 10.4. The second-order valence-electron chi connectivity index (χ2n) is 6.63. The van der Waals surface area contributed by atoms with Gasteiger partial charge in [-0.2, -0.15) is 5.10 Å². The fraction of sp³-hybridized carbons (Fsp3) is 0.368. The van der Waals surface area contributed by atoms with Crippen molar-refractivity contribution in [2.75, 3.05) is 6.54 Å². The first kappa shape index (κ1) is 15.9. The zero-order chi connectivity index (χ0) is 17.2. The van der Waals surface area contributed by atoms with Gasteiger partial charge in [0, 0.05) is 50.8 Å². The van der Waals surface area contributed by atoms with Crippen molar-refractivity contribution in [2.45, 2.75) is 32.7 Å². The minimum atomic E-state index is 0.0536. The van der Waals surface area contributed by atoms with E-state index in [1.807, 2.05) is 36.9 Å². The molecule has 1 unspecified atom stereocenters. The van der Waals surface area contributed by atoms with Gasteiger partial charge in [-0.05, 0) is 31.2 Å². The largest absolute Gasteiger partial charge is 0.471 e. The molecule has 0 bridgehead atoms. The van der Waals surface area contributed by atoms with Gasteiger partial charge >= 0.3 is 0 Å². The van der Waals surface area contributed by atoms with Crippen LogP contribution in [0.2, 0.25) is 0 Å². The van der Waals surface area contributed by atoms with Crippen molar-refractivity contribution in [3.63, 3.8) is 0 Å². The van der Waals surface area contributed by atoms with Crippen molar-refractivity contribution in [3.8, 4) is 5.88 Å². The molecular formula is C19H23N5O. The third-order valence-corrected chi connectivity index (χ3v) is 4.58. The molecule has 1 atom stereocenters. The van der Waals surface area contributed by atoms with Crippen LogP contribution >= 0.6 is 0 Å². The minimum absolute atomic E-state index is 0.0536. The van der Waals surface area contributed by atoms with Crippen LogP contribution in [0.1, 0.15) is 17.1 Å². The molecule has 0 aromatic carbocycles. The molecule has 4 rings (SSSR count). The highest BCUT2D eigenvalue weighted by Gasteiger charge is 2.24. The van der Waals surface area contributed by atoms with E-state index >= 15 is 0 Å². The number of pyridine rings is 1. The van der Waals surface area contributed by atoms with Gasteiger partial charge in [-0.25, -0.2) is 4.98 Å². The van der Waals surface area contributed by atoms with E-state index in [0.29, 0.717) is 5.88 Å². The van der Waals surface area contributed by atoms with Gasteiger partial charge in [-0.3, -0.25) is 9.58 Å². The van der Waals surface area contributed by atoms with E-state index in [0.717, 1.165) is 31.9 Å². The van der Waals surface area contributed by atoms with E-state index in [-0.39, 0.29) is 6.10 Å². The molecule has 0 fully saturated rings. The Bertz CT molecular complexity index is 839. The lowest BCUT2D eigenvalue weighted by atomic mass is 10.3. The molecule has 0 saturated carbocycles. The van der Waals surface area contributed by atoms with Crippen molar-refractivity contribution in [2.24, 2.45) is 7.05 Å². The molecule has 4 heterocycles. The van der Waals surface area contributed by atoms with Crippen molar-refractivity contribution < 1.29 is 4.74 Å². The number of aromatic nitrogens is 4. The smallest absolute Gasteiger partial charge is 0.213 e. The molecule has 0 amide bonds. The first-order valence-corrected chi connectivity index (χ1v) is 8.61. The van der Waals surface area contributed by atoms with Crippen LogP contribution < -0.4 is 4.74 Å². The van der Waals surface area contributed by atoms with E-state index in [9.17, 15) is 0 Å². The summed E-state index contributed by atoms with van der Waals surface area (Å²) in [4.78, 5) is 6.73. The minimum Gasteiger partial charge on any atom is -0.471 e. The highest BCUT2D eigenvalue weighted by atomic mass is 16.5. The Balaban J connectivity index is 1.55. The summed E-state index contributed by atoms with van der Waals surface area (Å²) in [6, 6.07) is 12.2. The Morgan fingerprint density at radius 3 is 2.88 bits per heavy atom. The monoisotopic (exact) mass is 337 g/mol. The molecule has 6 nitrogen and oxygen atoms in total. The molecule has 6 heteroatoms. The third-order valence-electron chi connectivity index (χ3n) is 4.58. The van der Waals surface area contributed by atoms with Crippen LogP contribution in [0.25, 0.3) is 0 Å². The molecule has 0 radical (unpaired) electrons. The number of nitrogens with zero attached hydrogens (tertiary/aromatic N) is 5. The van der Waals surface area contributed by atoms with E-state index in [1.54, 1.807) is 6.20 Å². The summed E-state index contributed by atoms with van der Waals surface area (Å²) in [6.45, 7) is 5.47. The van der Waals surface area contributed by atoms with Crippen LogP contribution in [-0.2, 0) is 26.7 Å². The Morgan fingerprint density at radius 1 is 1.20 bits per heavy atom.